The van der Waals surface area contributed by atoms with Crippen molar-refractivity contribution in [2.45, 2.75) is 6.54 Å². The Kier molecular flexibility index (Phi) is 4.57. The van der Waals surface area contributed by atoms with Crippen LogP contribution >= 0.6 is 23.7 Å². The van der Waals surface area contributed by atoms with Crippen molar-refractivity contribution in [2.24, 2.45) is 16.6 Å². The summed E-state index contributed by atoms with van der Waals surface area (Å²) in [7, 11) is 0. The van der Waals surface area contributed by atoms with Gasteiger partial charge in [0.1, 0.15) is 10.7 Å². The van der Waals surface area contributed by atoms with Crippen molar-refractivity contribution in [1.82, 2.24) is 4.98 Å². The molecule has 1 heterocycles. The third-order valence-electron chi connectivity index (χ3n) is 1.10. The largest absolute Gasteiger partial charge is 0.409 e. The van der Waals surface area contributed by atoms with Crippen LogP contribution in [-0.2, 0) is 6.54 Å². The van der Waals surface area contributed by atoms with E-state index in [2.05, 4.69) is 10.1 Å². The number of amidine groups is 1. The molecule has 0 aromatic carbocycles. The van der Waals surface area contributed by atoms with Crippen molar-refractivity contribution < 1.29 is 5.21 Å². The molecule has 5 N–H and O–H groups in total. The van der Waals surface area contributed by atoms with E-state index in [0.29, 0.717) is 12.2 Å². The van der Waals surface area contributed by atoms with Crippen LogP contribution in [0.4, 0.5) is 0 Å². The molecule has 0 fully saturated rings. The van der Waals surface area contributed by atoms with Gasteiger partial charge in [-0.1, -0.05) is 5.16 Å². The highest BCUT2D eigenvalue weighted by atomic mass is 35.5. The lowest BCUT2D eigenvalue weighted by Gasteiger charge is -1.88. The van der Waals surface area contributed by atoms with Crippen LogP contribution in [0.15, 0.2) is 10.5 Å². The van der Waals surface area contributed by atoms with Gasteiger partial charge in [-0.05, 0) is 0 Å². The molecule has 0 saturated heterocycles. The van der Waals surface area contributed by atoms with E-state index in [1.54, 1.807) is 5.38 Å². The van der Waals surface area contributed by atoms with Crippen LogP contribution in [0.1, 0.15) is 10.7 Å². The molecule has 0 radical (unpaired) electrons. The zero-order valence-electron chi connectivity index (χ0n) is 6.10. The molecule has 0 aliphatic carbocycles. The smallest absolute Gasteiger partial charge is 0.189 e. The van der Waals surface area contributed by atoms with E-state index >= 15 is 0 Å². The van der Waals surface area contributed by atoms with Gasteiger partial charge in [-0.15, -0.1) is 23.7 Å². The Morgan fingerprint density at radius 3 is 2.83 bits per heavy atom. The van der Waals surface area contributed by atoms with Gasteiger partial charge < -0.3 is 16.7 Å². The minimum Gasteiger partial charge on any atom is -0.409 e. The average molecular weight is 209 g/mol. The predicted molar refractivity (Wildman–Crippen MR) is 49.8 cm³/mol. The van der Waals surface area contributed by atoms with Crippen LogP contribution in [0.5, 0.6) is 0 Å². The molecule has 68 valence electrons. The predicted octanol–water partition coefficient (Wildman–Crippen LogP) is 0.118. The van der Waals surface area contributed by atoms with Gasteiger partial charge in [0.25, 0.3) is 0 Å². The number of rotatable bonds is 2. The molecule has 5 nitrogen and oxygen atoms in total. The molecule has 0 saturated carbocycles. The van der Waals surface area contributed by atoms with Crippen LogP contribution in [0.3, 0.4) is 0 Å². The lowest BCUT2D eigenvalue weighted by atomic mass is 10.5. The molecule has 12 heavy (non-hydrogen) atoms. The fraction of sp³-hybridized carbons (Fsp3) is 0.200. The number of aromatic nitrogens is 1. The Bertz CT molecular complexity index is 274. The highest BCUT2D eigenvalue weighted by Crippen LogP contribution is 2.07. The van der Waals surface area contributed by atoms with E-state index < -0.39 is 0 Å². The van der Waals surface area contributed by atoms with Gasteiger partial charge in [0.2, 0.25) is 0 Å². The molecule has 1 aromatic rings. The monoisotopic (exact) mass is 208 g/mol. The normalized spacial score (nSPS) is 10.9. The summed E-state index contributed by atoms with van der Waals surface area (Å²) in [4.78, 5) is 3.98. The third kappa shape index (κ3) is 2.33. The second-order valence-electron chi connectivity index (χ2n) is 1.82. The summed E-state index contributed by atoms with van der Waals surface area (Å²) in [6.45, 7) is 0.378. The maximum absolute atomic E-state index is 8.27. The molecule has 7 heteroatoms. The quantitative estimate of drug-likeness (QED) is 0.278. The summed E-state index contributed by atoms with van der Waals surface area (Å²) in [6, 6.07) is 0. The first kappa shape index (κ1) is 11.2. The fourth-order valence-electron chi connectivity index (χ4n) is 0.574. The second-order valence-corrected chi connectivity index (χ2v) is 2.76. The summed E-state index contributed by atoms with van der Waals surface area (Å²) in [5.74, 6) is 0.0148. The van der Waals surface area contributed by atoms with E-state index in [1.807, 2.05) is 0 Å². The van der Waals surface area contributed by atoms with Gasteiger partial charge in [0.15, 0.2) is 5.84 Å². The minimum absolute atomic E-state index is 0. The molecule has 0 spiro atoms. The van der Waals surface area contributed by atoms with Crippen LogP contribution in [0.25, 0.3) is 0 Å². The summed E-state index contributed by atoms with van der Waals surface area (Å²) < 4.78 is 0. The van der Waals surface area contributed by atoms with E-state index in [9.17, 15) is 0 Å². The van der Waals surface area contributed by atoms with Gasteiger partial charge >= 0.3 is 0 Å². The third-order valence-corrected chi connectivity index (χ3v) is 1.97. The molecule has 0 bridgehead atoms. The minimum atomic E-state index is 0. The number of nitrogens with zero attached hydrogens (tertiary/aromatic N) is 2. The second kappa shape index (κ2) is 4.91. The van der Waals surface area contributed by atoms with Gasteiger partial charge in [-0.3, -0.25) is 0 Å². The van der Waals surface area contributed by atoms with Gasteiger partial charge in [0.05, 0.1) is 0 Å². The first-order chi connectivity index (χ1) is 5.27. The van der Waals surface area contributed by atoms with Crippen molar-refractivity contribution in [3.63, 3.8) is 0 Å². The lowest BCUT2D eigenvalue weighted by Crippen LogP contribution is -2.13. The van der Waals surface area contributed by atoms with Crippen molar-refractivity contribution in [2.75, 3.05) is 0 Å². The van der Waals surface area contributed by atoms with Crippen LogP contribution in [0, 0.1) is 0 Å². The number of hydrogen-bond donors (Lipinski definition) is 3. The molecule has 0 atom stereocenters. The van der Waals surface area contributed by atoms with E-state index in [-0.39, 0.29) is 18.2 Å². The topological polar surface area (TPSA) is 97.5 Å². The number of halogens is 1. The lowest BCUT2D eigenvalue weighted by molar-refractivity contribution is 0.318. The van der Waals surface area contributed by atoms with E-state index in [0.717, 1.165) is 5.01 Å². The summed E-state index contributed by atoms with van der Waals surface area (Å²) in [5, 5.41) is 13.5. The number of nitrogens with two attached hydrogens (primary N) is 2. The molecule has 0 unspecified atom stereocenters. The van der Waals surface area contributed by atoms with Gasteiger partial charge in [0, 0.05) is 11.9 Å². The zero-order valence-corrected chi connectivity index (χ0v) is 7.73. The molecule has 1 aromatic heterocycles. The molecule has 0 amide bonds. The van der Waals surface area contributed by atoms with Crippen molar-refractivity contribution in [3.8, 4) is 0 Å². The summed E-state index contributed by atoms with van der Waals surface area (Å²) >= 11 is 1.39. The van der Waals surface area contributed by atoms with Crippen molar-refractivity contribution in [1.29, 1.82) is 0 Å². The highest BCUT2D eigenvalue weighted by molar-refractivity contribution is 7.09. The summed E-state index contributed by atoms with van der Waals surface area (Å²) in [6.07, 6.45) is 0. The highest BCUT2D eigenvalue weighted by Gasteiger charge is 2.03. The van der Waals surface area contributed by atoms with Crippen molar-refractivity contribution in [3.05, 3.63) is 16.1 Å². The maximum atomic E-state index is 8.27. The number of hydrogen-bond acceptors (Lipinski definition) is 5. The average Bonchev–Trinajstić information content (AvgIpc) is 2.50. The molecular weight excluding hydrogens is 200 g/mol. The van der Waals surface area contributed by atoms with E-state index in [4.69, 9.17) is 16.7 Å². The maximum Gasteiger partial charge on any atom is 0.189 e. The zero-order chi connectivity index (χ0) is 8.27. The first-order valence-electron chi connectivity index (χ1n) is 2.90. The van der Waals surface area contributed by atoms with E-state index in [1.165, 1.54) is 11.3 Å². The van der Waals surface area contributed by atoms with Crippen LogP contribution < -0.4 is 11.5 Å². The van der Waals surface area contributed by atoms with Crippen molar-refractivity contribution >= 4 is 29.6 Å². The Balaban J connectivity index is 0.00000121. The van der Waals surface area contributed by atoms with Crippen LogP contribution in [-0.4, -0.2) is 16.0 Å². The Morgan fingerprint density at radius 1 is 1.75 bits per heavy atom. The molecule has 1 rings (SSSR count). The fourth-order valence-corrected chi connectivity index (χ4v) is 1.24. The first-order valence-corrected chi connectivity index (χ1v) is 3.78. The molecule has 0 aliphatic heterocycles. The SMILES string of the molecule is Cl.NCc1nc(C(N)=NO)cs1. The number of thiazole rings is 1. The number of oxime groups is 1. The standard InChI is InChI=1S/C5H8N4OS.ClH/c6-1-4-8-3(2-11-4)5(7)9-10;/h2,10H,1,6H2,(H2,7,9);1H. The Labute approximate surface area is 79.5 Å². The van der Waals surface area contributed by atoms with Gasteiger partial charge in [-0.2, -0.15) is 0 Å². The Hall–Kier alpha value is -0.850. The van der Waals surface area contributed by atoms with Gasteiger partial charge in [-0.25, -0.2) is 4.98 Å². The van der Waals surface area contributed by atoms with Crippen LogP contribution in [0.2, 0.25) is 0 Å². The summed E-state index contributed by atoms with van der Waals surface area (Å²) in [5.41, 5.74) is 11.0. The Morgan fingerprint density at radius 2 is 2.42 bits per heavy atom. The molecular formula is C5H9ClN4OS. The molecule has 0 aliphatic rings.